The minimum absolute atomic E-state index is 0. The van der Waals surface area contributed by atoms with Crippen LogP contribution < -0.4 is 11.1 Å². The molecule has 0 aliphatic carbocycles. The maximum Gasteiger partial charge on any atom is 0.242 e. The van der Waals surface area contributed by atoms with E-state index < -0.39 is 12.0 Å². The molecular formula is C16H25ClFN3O3. The van der Waals surface area contributed by atoms with E-state index in [1.807, 2.05) is 13.8 Å². The van der Waals surface area contributed by atoms with Crippen molar-refractivity contribution in [2.24, 2.45) is 11.7 Å². The number of aliphatic hydroxyl groups is 1. The zero-order valence-corrected chi connectivity index (χ0v) is 14.7. The minimum Gasteiger partial charge on any atom is -0.387 e. The second-order valence-electron chi connectivity index (χ2n) is 5.74. The largest absolute Gasteiger partial charge is 0.387 e. The molecule has 0 fully saturated rings. The molecule has 0 spiro atoms. The van der Waals surface area contributed by atoms with E-state index in [1.165, 1.54) is 29.2 Å². The van der Waals surface area contributed by atoms with Crippen LogP contribution in [0.25, 0.3) is 0 Å². The van der Waals surface area contributed by atoms with Crippen LogP contribution in [0.15, 0.2) is 24.3 Å². The zero-order valence-electron chi connectivity index (χ0n) is 13.9. The van der Waals surface area contributed by atoms with E-state index in [0.717, 1.165) is 0 Å². The van der Waals surface area contributed by atoms with Gasteiger partial charge in [0, 0.05) is 6.54 Å². The average molecular weight is 362 g/mol. The lowest BCUT2D eigenvalue weighted by atomic mass is 10.1. The lowest BCUT2D eigenvalue weighted by Gasteiger charge is -2.27. The van der Waals surface area contributed by atoms with Crippen molar-refractivity contribution in [1.29, 1.82) is 0 Å². The van der Waals surface area contributed by atoms with Gasteiger partial charge in [-0.25, -0.2) is 4.39 Å². The molecule has 0 heterocycles. The molecule has 1 aromatic carbocycles. The summed E-state index contributed by atoms with van der Waals surface area (Å²) in [4.78, 5) is 24.8. The Hall–Kier alpha value is -1.70. The second-order valence-corrected chi connectivity index (χ2v) is 5.74. The highest BCUT2D eigenvalue weighted by atomic mass is 35.5. The van der Waals surface area contributed by atoms with E-state index in [0.29, 0.717) is 12.1 Å². The van der Waals surface area contributed by atoms with E-state index in [9.17, 15) is 19.1 Å². The van der Waals surface area contributed by atoms with Gasteiger partial charge in [-0.15, -0.1) is 12.4 Å². The SMILES string of the molecule is CC(C)CN(CC(O)c1ccc(F)cc1)C(=O)CNC(=O)CN.Cl. The molecule has 1 rings (SSSR count). The number of nitrogens with zero attached hydrogens (tertiary/aromatic N) is 1. The van der Waals surface area contributed by atoms with Crippen LogP contribution in [0.3, 0.4) is 0 Å². The molecule has 136 valence electrons. The molecular weight excluding hydrogens is 337 g/mol. The highest BCUT2D eigenvalue weighted by molar-refractivity contribution is 5.85. The summed E-state index contributed by atoms with van der Waals surface area (Å²) >= 11 is 0. The van der Waals surface area contributed by atoms with Crippen LogP contribution >= 0.6 is 12.4 Å². The predicted octanol–water partition coefficient (Wildman–Crippen LogP) is 0.840. The van der Waals surface area contributed by atoms with Gasteiger partial charge >= 0.3 is 0 Å². The first-order chi connectivity index (χ1) is 10.8. The topological polar surface area (TPSA) is 95.7 Å². The summed E-state index contributed by atoms with van der Waals surface area (Å²) < 4.78 is 12.9. The average Bonchev–Trinajstić information content (AvgIpc) is 2.51. The van der Waals surface area contributed by atoms with Gasteiger partial charge in [0.15, 0.2) is 0 Å². The van der Waals surface area contributed by atoms with Gasteiger partial charge < -0.3 is 21.1 Å². The predicted molar refractivity (Wildman–Crippen MR) is 92.1 cm³/mol. The van der Waals surface area contributed by atoms with Gasteiger partial charge in [-0.1, -0.05) is 26.0 Å². The molecule has 0 radical (unpaired) electrons. The van der Waals surface area contributed by atoms with Crippen molar-refractivity contribution >= 4 is 24.2 Å². The van der Waals surface area contributed by atoms with Crippen molar-refractivity contribution in [2.45, 2.75) is 20.0 Å². The standard InChI is InChI=1S/C16H24FN3O3.ClH/c1-11(2)9-20(16(23)8-19-15(22)7-18)10-14(21)12-3-5-13(17)6-4-12;/h3-6,11,14,21H,7-10,18H2,1-2H3,(H,19,22);1H. The number of hydrogen-bond donors (Lipinski definition) is 3. The van der Waals surface area contributed by atoms with Gasteiger partial charge in [-0.3, -0.25) is 9.59 Å². The lowest BCUT2D eigenvalue weighted by molar-refractivity contribution is -0.134. The Labute approximate surface area is 147 Å². The van der Waals surface area contributed by atoms with Gasteiger partial charge in [0.1, 0.15) is 5.82 Å². The highest BCUT2D eigenvalue weighted by Gasteiger charge is 2.20. The first-order valence-corrected chi connectivity index (χ1v) is 7.51. The molecule has 0 saturated carbocycles. The molecule has 0 saturated heterocycles. The summed E-state index contributed by atoms with van der Waals surface area (Å²) in [6.07, 6.45) is -0.927. The molecule has 1 unspecified atom stereocenters. The number of nitrogens with one attached hydrogen (secondary N) is 1. The van der Waals surface area contributed by atoms with Crippen molar-refractivity contribution in [3.8, 4) is 0 Å². The Morgan fingerprint density at radius 2 is 1.83 bits per heavy atom. The number of carbonyl (C=O) groups is 2. The Morgan fingerprint density at radius 3 is 2.33 bits per heavy atom. The third-order valence-electron chi connectivity index (χ3n) is 3.21. The van der Waals surface area contributed by atoms with E-state index in [1.54, 1.807) is 0 Å². The highest BCUT2D eigenvalue weighted by Crippen LogP contribution is 2.15. The number of amides is 2. The number of hydrogen-bond acceptors (Lipinski definition) is 4. The van der Waals surface area contributed by atoms with Crippen LogP contribution in [-0.2, 0) is 9.59 Å². The summed E-state index contributed by atoms with van der Waals surface area (Å²) in [6.45, 7) is 4.05. The molecule has 0 bridgehead atoms. The molecule has 4 N–H and O–H groups in total. The number of nitrogens with two attached hydrogens (primary N) is 1. The molecule has 6 nitrogen and oxygen atoms in total. The van der Waals surface area contributed by atoms with Gasteiger partial charge in [-0.05, 0) is 23.6 Å². The fraction of sp³-hybridized carbons (Fsp3) is 0.500. The minimum atomic E-state index is -0.927. The van der Waals surface area contributed by atoms with Crippen LogP contribution in [0.4, 0.5) is 4.39 Å². The molecule has 2 amide bonds. The normalized spacial score (nSPS) is 11.6. The molecule has 0 aromatic heterocycles. The molecule has 0 aliphatic rings. The quantitative estimate of drug-likeness (QED) is 0.639. The Morgan fingerprint density at radius 1 is 1.25 bits per heavy atom. The Bertz CT molecular complexity index is 526. The third-order valence-corrected chi connectivity index (χ3v) is 3.21. The maximum absolute atomic E-state index is 12.9. The number of halogens is 2. The van der Waals surface area contributed by atoms with Gasteiger partial charge in [-0.2, -0.15) is 0 Å². The van der Waals surface area contributed by atoms with Gasteiger partial charge in [0.2, 0.25) is 11.8 Å². The molecule has 8 heteroatoms. The van der Waals surface area contributed by atoms with E-state index in [2.05, 4.69) is 5.32 Å². The summed E-state index contributed by atoms with van der Waals surface area (Å²) in [5, 5.41) is 12.7. The van der Waals surface area contributed by atoms with E-state index in [-0.39, 0.29) is 49.7 Å². The van der Waals surface area contributed by atoms with Crippen LogP contribution in [0.1, 0.15) is 25.5 Å². The van der Waals surface area contributed by atoms with E-state index >= 15 is 0 Å². The molecule has 1 aromatic rings. The number of aliphatic hydroxyl groups excluding tert-OH is 1. The summed E-state index contributed by atoms with van der Waals surface area (Å²) in [5.74, 6) is -0.909. The monoisotopic (exact) mass is 361 g/mol. The van der Waals surface area contributed by atoms with Crippen molar-refractivity contribution in [1.82, 2.24) is 10.2 Å². The van der Waals surface area contributed by atoms with Crippen molar-refractivity contribution < 1.29 is 19.1 Å². The second kappa shape index (κ2) is 11.0. The third kappa shape index (κ3) is 7.72. The number of benzene rings is 1. The van der Waals surface area contributed by atoms with Crippen molar-refractivity contribution in [3.63, 3.8) is 0 Å². The van der Waals surface area contributed by atoms with Gasteiger partial charge in [0.05, 0.1) is 25.7 Å². The summed E-state index contributed by atoms with van der Waals surface area (Å²) in [6, 6.07) is 5.48. The summed E-state index contributed by atoms with van der Waals surface area (Å²) in [5.41, 5.74) is 5.70. The first kappa shape index (κ1) is 22.3. The van der Waals surface area contributed by atoms with Crippen LogP contribution in [0.5, 0.6) is 0 Å². The number of rotatable bonds is 8. The molecule has 0 aliphatic heterocycles. The fourth-order valence-corrected chi connectivity index (χ4v) is 2.08. The Kier molecular flexibility index (Phi) is 10.2. The molecule has 24 heavy (non-hydrogen) atoms. The zero-order chi connectivity index (χ0) is 17.4. The van der Waals surface area contributed by atoms with Crippen molar-refractivity contribution in [3.05, 3.63) is 35.6 Å². The Balaban J connectivity index is 0.00000529. The maximum atomic E-state index is 12.9. The van der Waals surface area contributed by atoms with E-state index in [4.69, 9.17) is 5.73 Å². The van der Waals surface area contributed by atoms with Crippen LogP contribution in [0.2, 0.25) is 0 Å². The van der Waals surface area contributed by atoms with Gasteiger partial charge in [0.25, 0.3) is 0 Å². The summed E-state index contributed by atoms with van der Waals surface area (Å²) in [7, 11) is 0. The molecule has 1 atom stereocenters. The smallest absolute Gasteiger partial charge is 0.242 e. The lowest BCUT2D eigenvalue weighted by Crippen LogP contribution is -2.44. The van der Waals surface area contributed by atoms with Crippen LogP contribution in [-0.4, -0.2) is 48.0 Å². The van der Waals surface area contributed by atoms with Crippen LogP contribution in [0, 0.1) is 11.7 Å². The fourth-order valence-electron chi connectivity index (χ4n) is 2.08. The number of carbonyl (C=O) groups excluding carboxylic acids is 2. The first-order valence-electron chi connectivity index (χ1n) is 7.51. The van der Waals surface area contributed by atoms with Crippen molar-refractivity contribution in [2.75, 3.05) is 26.2 Å².